The number of halogens is 1. The summed E-state index contributed by atoms with van der Waals surface area (Å²) in [5, 5.41) is 0.673. The van der Waals surface area contributed by atoms with Gasteiger partial charge in [-0.3, -0.25) is 4.79 Å². The van der Waals surface area contributed by atoms with Gasteiger partial charge in [0, 0.05) is 18.5 Å². The number of likely N-dealkylation sites (N-methyl/N-ethyl adjacent to an activating group) is 1. The molecule has 0 atom stereocenters. The van der Waals surface area contributed by atoms with Crippen molar-refractivity contribution in [2.45, 2.75) is 12.8 Å². The second-order valence-corrected chi connectivity index (χ2v) is 5.91. The molecule has 0 fully saturated rings. The molecular weight excluding hydrogens is 326 g/mol. The highest BCUT2D eigenvalue weighted by Gasteiger charge is 2.09. The molecule has 0 bridgehead atoms. The minimum atomic E-state index is 0.0949. The zero-order chi connectivity index (χ0) is 17.4. The lowest BCUT2D eigenvalue weighted by Crippen LogP contribution is -2.31. The quantitative estimate of drug-likeness (QED) is 0.728. The van der Waals surface area contributed by atoms with Crippen LogP contribution in [0.4, 0.5) is 0 Å². The van der Waals surface area contributed by atoms with E-state index >= 15 is 0 Å². The first kappa shape index (κ1) is 18.1. The maximum Gasteiger partial charge on any atom is 0.222 e. The van der Waals surface area contributed by atoms with Gasteiger partial charge in [-0.15, -0.1) is 0 Å². The highest BCUT2D eigenvalue weighted by Crippen LogP contribution is 2.16. The molecule has 0 N–H and O–H groups in total. The zero-order valence-electron chi connectivity index (χ0n) is 14.0. The smallest absolute Gasteiger partial charge is 0.222 e. The number of nitrogens with zero attached hydrogens (tertiary/aromatic N) is 1. The third-order valence-corrected chi connectivity index (χ3v) is 3.95. The molecule has 0 aliphatic heterocycles. The van der Waals surface area contributed by atoms with Gasteiger partial charge in [0.1, 0.15) is 18.1 Å². The molecule has 0 aliphatic rings. The Hall–Kier alpha value is -2.20. The van der Waals surface area contributed by atoms with Crippen molar-refractivity contribution >= 4 is 17.5 Å². The second kappa shape index (κ2) is 9.18. The molecule has 0 heterocycles. The average Bonchev–Trinajstić information content (AvgIpc) is 2.61. The molecule has 2 rings (SSSR count). The molecule has 0 radical (unpaired) electrons. The summed E-state index contributed by atoms with van der Waals surface area (Å²) in [5.74, 6) is 1.65. The summed E-state index contributed by atoms with van der Waals surface area (Å²) < 4.78 is 10.8. The van der Waals surface area contributed by atoms with E-state index in [1.165, 1.54) is 0 Å². The molecule has 0 aromatic heterocycles. The first-order valence-corrected chi connectivity index (χ1v) is 8.21. The molecule has 128 valence electrons. The van der Waals surface area contributed by atoms with E-state index in [0.717, 1.165) is 17.1 Å². The fourth-order valence-electron chi connectivity index (χ4n) is 2.23. The molecular formula is C19H22ClNO3. The Balaban J connectivity index is 1.72. The third kappa shape index (κ3) is 5.78. The third-order valence-electron chi connectivity index (χ3n) is 3.70. The first-order chi connectivity index (χ1) is 11.6. The predicted octanol–water partition coefficient (Wildman–Crippen LogP) is 3.82. The summed E-state index contributed by atoms with van der Waals surface area (Å²) >= 11 is 5.83. The van der Waals surface area contributed by atoms with Crippen LogP contribution in [0.3, 0.4) is 0 Å². The van der Waals surface area contributed by atoms with Gasteiger partial charge in [-0.25, -0.2) is 0 Å². The normalized spacial score (nSPS) is 10.3. The number of aryl methyl sites for hydroxylation is 1. The molecule has 4 nitrogen and oxygen atoms in total. The average molecular weight is 348 g/mol. The van der Waals surface area contributed by atoms with Gasteiger partial charge in [0.2, 0.25) is 5.91 Å². The lowest BCUT2D eigenvalue weighted by molar-refractivity contribution is -0.130. The standard InChI is InChI=1S/C19H22ClNO3/c1-21(12-13-24-17-9-7-16(20)8-10-17)19(22)11-6-15-4-3-5-18(14-15)23-2/h3-5,7-10,14H,6,11-13H2,1-2H3. The van der Waals surface area contributed by atoms with E-state index in [2.05, 4.69) is 0 Å². The number of amides is 1. The van der Waals surface area contributed by atoms with E-state index in [9.17, 15) is 4.79 Å². The summed E-state index contributed by atoms with van der Waals surface area (Å²) in [6, 6.07) is 15.0. The fourth-order valence-corrected chi connectivity index (χ4v) is 2.35. The van der Waals surface area contributed by atoms with Crippen LogP contribution in [0.25, 0.3) is 0 Å². The van der Waals surface area contributed by atoms with Gasteiger partial charge in [0.05, 0.1) is 13.7 Å². The van der Waals surface area contributed by atoms with E-state index in [1.54, 1.807) is 31.2 Å². The highest BCUT2D eigenvalue weighted by atomic mass is 35.5. The number of carbonyl (C=O) groups excluding carboxylic acids is 1. The lowest BCUT2D eigenvalue weighted by atomic mass is 10.1. The Labute approximate surface area is 147 Å². The van der Waals surface area contributed by atoms with E-state index in [0.29, 0.717) is 31.0 Å². The van der Waals surface area contributed by atoms with Crippen molar-refractivity contribution in [1.82, 2.24) is 4.90 Å². The predicted molar refractivity (Wildman–Crippen MR) is 95.9 cm³/mol. The van der Waals surface area contributed by atoms with E-state index in [1.807, 2.05) is 36.4 Å². The van der Waals surface area contributed by atoms with Crippen LogP contribution < -0.4 is 9.47 Å². The van der Waals surface area contributed by atoms with Gasteiger partial charge in [-0.05, 0) is 48.4 Å². The number of ether oxygens (including phenoxy) is 2. The molecule has 0 spiro atoms. The molecule has 0 saturated heterocycles. The van der Waals surface area contributed by atoms with Gasteiger partial charge in [-0.1, -0.05) is 23.7 Å². The van der Waals surface area contributed by atoms with Gasteiger partial charge in [-0.2, -0.15) is 0 Å². The monoisotopic (exact) mass is 347 g/mol. The maximum atomic E-state index is 12.2. The first-order valence-electron chi connectivity index (χ1n) is 7.84. The summed E-state index contributed by atoms with van der Waals surface area (Å²) in [4.78, 5) is 13.9. The van der Waals surface area contributed by atoms with Crippen LogP contribution in [0.15, 0.2) is 48.5 Å². The SMILES string of the molecule is COc1cccc(CCC(=O)N(C)CCOc2ccc(Cl)cc2)c1. The van der Waals surface area contributed by atoms with E-state index < -0.39 is 0 Å². The van der Waals surface area contributed by atoms with Crippen molar-refractivity contribution in [2.75, 3.05) is 27.3 Å². The molecule has 0 unspecified atom stereocenters. The largest absolute Gasteiger partial charge is 0.497 e. The number of rotatable bonds is 8. The molecule has 0 saturated carbocycles. The van der Waals surface area contributed by atoms with E-state index in [4.69, 9.17) is 21.1 Å². The number of carbonyl (C=O) groups is 1. The molecule has 24 heavy (non-hydrogen) atoms. The number of hydrogen-bond acceptors (Lipinski definition) is 3. The van der Waals surface area contributed by atoms with Gasteiger partial charge < -0.3 is 14.4 Å². The van der Waals surface area contributed by atoms with Crippen molar-refractivity contribution in [3.8, 4) is 11.5 Å². The summed E-state index contributed by atoms with van der Waals surface area (Å²) in [7, 11) is 3.43. The molecule has 5 heteroatoms. The fraction of sp³-hybridized carbons (Fsp3) is 0.316. The van der Waals surface area contributed by atoms with Gasteiger partial charge >= 0.3 is 0 Å². The van der Waals surface area contributed by atoms with Crippen molar-refractivity contribution in [3.63, 3.8) is 0 Å². The topological polar surface area (TPSA) is 38.8 Å². The van der Waals surface area contributed by atoms with Crippen molar-refractivity contribution in [3.05, 3.63) is 59.1 Å². The van der Waals surface area contributed by atoms with Crippen molar-refractivity contribution in [1.29, 1.82) is 0 Å². The second-order valence-electron chi connectivity index (χ2n) is 5.47. The van der Waals surface area contributed by atoms with Crippen LogP contribution in [0, 0.1) is 0 Å². The number of hydrogen-bond donors (Lipinski definition) is 0. The molecule has 2 aromatic rings. The van der Waals surface area contributed by atoms with Crippen LogP contribution >= 0.6 is 11.6 Å². The van der Waals surface area contributed by atoms with Gasteiger partial charge in [0.25, 0.3) is 0 Å². The molecule has 0 aliphatic carbocycles. The summed E-state index contributed by atoms with van der Waals surface area (Å²) in [6.07, 6.45) is 1.16. The van der Waals surface area contributed by atoms with Gasteiger partial charge in [0.15, 0.2) is 0 Å². The Bertz CT molecular complexity index is 658. The highest BCUT2D eigenvalue weighted by molar-refractivity contribution is 6.30. The molecule has 1 amide bonds. The zero-order valence-corrected chi connectivity index (χ0v) is 14.8. The molecule has 2 aromatic carbocycles. The Morgan fingerprint density at radius 3 is 2.58 bits per heavy atom. The summed E-state index contributed by atoms with van der Waals surface area (Å²) in [5.41, 5.74) is 1.09. The van der Waals surface area contributed by atoms with Crippen LogP contribution in [0.1, 0.15) is 12.0 Å². The van der Waals surface area contributed by atoms with Crippen molar-refractivity contribution in [2.24, 2.45) is 0 Å². The summed E-state index contributed by atoms with van der Waals surface area (Å²) in [6.45, 7) is 0.989. The lowest BCUT2D eigenvalue weighted by Gasteiger charge is -2.17. The Morgan fingerprint density at radius 2 is 1.88 bits per heavy atom. The van der Waals surface area contributed by atoms with Crippen molar-refractivity contribution < 1.29 is 14.3 Å². The van der Waals surface area contributed by atoms with Crippen LogP contribution in [0.2, 0.25) is 5.02 Å². The van der Waals surface area contributed by atoms with Crippen LogP contribution in [0.5, 0.6) is 11.5 Å². The van der Waals surface area contributed by atoms with Crippen LogP contribution in [-0.4, -0.2) is 38.1 Å². The Morgan fingerprint density at radius 1 is 1.12 bits per heavy atom. The van der Waals surface area contributed by atoms with E-state index in [-0.39, 0.29) is 5.91 Å². The maximum absolute atomic E-state index is 12.2. The van der Waals surface area contributed by atoms with Crippen LogP contribution in [-0.2, 0) is 11.2 Å². The minimum Gasteiger partial charge on any atom is -0.497 e. The Kier molecular flexibility index (Phi) is 6.94. The number of methoxy groups -OCH3 is 1. The number of benzene rings is 2. The minimum absolute atomic E-state index is 0.0949.